The van der Waals surface area contributed by atoms with Crippen LogP contribution in [0.3, 0.4) is 0 Å². The van der Waals surface area contributed by atoms with Crippen LogP contribution in [0.5, 0.6) is 0 Å². The van der Waals surface area contributed by atoms with E-state index in [9.17, 15) is 9.18 Å². The van der Waals surface area contributed by atoms with Crippen molar-refractivity contribution in [3.8, 4) is 0 Å². The van der Waals surface area contributed by atoms with Crippen LogP contribution in [0.2, 0.25) is 0 Å². The lowest BCUT2D eigenvalue weighted by molar-refractivity contribution is 0.195. The third-order valence-corrected chi connectivity index (χ3v) is 3.58. The Bertz CT molecular complexity index is 437. The molecule has 21 heavy (non-hydrogen) atoms. The number of nitrogens with zero attached hydrogens (tertiary/aromatic N) is 1. The molecule has 118 valence electrons. The van der Waals surface area contributed by atoms with Crippen LogP contribution in [0.25, 0.3) is 0 Å². The van der Waals surface area contributed by atoms with E-state index in [0.29, 0.717) is 6.54 Å². The lowest BCUT2D eigenvalue weighted by Gasteiger charge is -2.28. The SMILES string of the molecule is CCCN(CCC)C(=O)NCC(C)(C)c1ccc(F)cc1. The molecule has 1 rings (SSSR count). The van der Waals surface area contributed by atoms with Crippen molar-refractivity contribution < 1.29 is 9.18 Å². The largest absolute Gasteiger partial charge is 0.337 e. The number of amides is 2. The van der Waals surface area contributed by atoms with Crippen molar-refractivity contribution in [3.63, 3.8) is 0 Å². The summed E-state index contributed by atoms with van der Waals surface area (Å²) in [5.41, 5.74) is 0.787. The quantitative estimate of drug-likeness (QED) is 0.812. The molecule has 0 spiro atoms. The Hall–Kier alpha value is -1.58. The van der Waals surface area contributed by atoms with E-state index in [2.05, 4.69) is 19.2 Å². The summed E-state index contributed by atoms with van der Waals surface area (Å²) in [6.45, 7) is 10.3. The zero-order valence-corrected chi connectivity index (χ0v) is 13.6. The van der Waals surface area contributed by atoms with Gasteiger partial charge in [-0.3, -0.25) is 0 Å². The normalized spacial score (nSPS) is 11.3. The predicted molar refractivity (Wildman–Crippen MR) is 85.0 cm³/mol. The first-order chi connectivity index (χ1) is 9.90. The van der Waals surface area contributed by atoms with Crippen LogP contribution < -0.4 is 5.32 Å². The number of carbonyl (C=O) groups is 1. The Morgan fingerprint density at radius 1 is 1.14 bits per heavy atom. The maximum Gasteiger partial charge on any atom is 0.317 e. The Morgan fingerprint density at radius 2 is 1.67 bits per heavy atom. The van der Waals surface area contributed by atoms with Gasteiger partial charge in [-0.1, -0.05) is 39.8 Å². The minimum atomic E-state index is -0.240. The molecule has 2 amide bonds. The van der Waals surface area contributed by atoms with Crippen molar-refractivity contribution in [3.05, 3.63) is 35.6 Å². The molecule has 1 aromatic carbocycles. The van der Waals surface area contributed by atoms with E-state index in [1.807, 2.05) is 18.7 Å². The molecule has 0 saturated carbocycles. The molecule has 4 heteroatoms. The second kappa shape index (κ2) is 8.01. The standard InChI is InChI=1S/C17H27FN2O/c1-5-11-20(12-6-2)16(21)19-13-17(3,4)14-7-9-15(18)10-8-14/h7-10H,5-6,11-13H2,1-4H3,(H,19,21). The molecule has 0 bridgehead atoms. The smallest absolute Gasteiger partial charge is 0.317 e. The highest BCUT2D eigenvalue weighted by atomic mass is 19.1. The minimum absolute atomic E-state index is 0.0195. The molecule has 0 unspecified atom stereocenters. The molecule has 0 aromatic heterocycles. The minimum Gasteiger partial charge on any atom is -0.337 e. The van der Waals surface area contributed by atoms with Crippen LogP contribution in [0.15, 0.2) is 24.3 Å². The number of hydrogen-bond donors (Lipinski definition) is 1. The van der Waals surface area contributed by atoms with E-state index in [-0.39, 0.29) is 17.3 Å². The average Bonchev–Trinajstić information content (AvgIpc) is 2.45. The van der Waals surface area contributed by atoms with E-state index in [4.69, 9.17) is 0 Å². The first-order valence-corrected chi connectivity index (χ1v) is 7.69. The summed E-state index contributed by atoms with van der Waals surface area (Å²) >= 11 is 0. The number of rotatable bonds is 7. The summed E-state index contributed by atoms with van der Waals surface area (Å²) in [4.78, 5) is 14.1. The van der Waals surface area contributed by atoms with Gasteiger partial charge in [-0.05, 0) is 30.5 Å². The fourth-order valence-electron chi connectivity index (χ4n) is 2.27. The zero-order chi connectivity index (χ0) is 15.9. The summed E-state index contributed by atoms with van der Waals surface area (Å²) in [5.74, 6) is -0.240. The molecule has 0 atom stereocenters. The van der Waals surface area contributed by atoms with Gasteiger partial charge < -0.3 is 10.2 Å². The Morgan fingerprint density at radius 3 is 2.14 bits per heavy atom. The van der Waals surface area contributed by atoms with Crippen LogP contribution in [-0.4, -0.2) is 30.6 Å². The number of urea groups is 1. The number of hydrogen-bond acceptors (Lipinski definition) is 1. The molecular weight excluding hydrogens is 267 g/mol. The van der Waals surface area contributed by atoms with Gasteiger partial charge in [0.2, 0.25) is 0 Å². The second-order valence-electron chi connectivity index (χ2n) is 6.04. The molecule has 0 saturated heterocycles. The van der Waals surface area contributed by atoms with Crippen molar-refractivity contribution in [2.75, 3.05) is 19.6 Å². The van der Waals surface area contributed by atoms with Crippen LogP contribution in [0.4, 0.5) is 9.18 Å². The molecule has 0 fully saturated rings. The van der Waals surface area contributed by atoms with Gasteiger partial charge in [-0.25, -0.2) is 9.18 Å². The summed E-state index contributed by atoms with van der Waals surface area (Å²) in [6.07, 6.45) is 1.91. The maximum atomic E-state index is 13.0. The molecule has 0 aliphatic rings. The monoisotopic (exact) mass is 294 g/mol. The van der Waals surface area contributed by atoms with Crippen LogP contribution >= 0.6 is 0 Å². The van der Waals surface area contributed by atoms with Gasteiger partial charge in [0.05, 0.1) is 0 Å². The molecule has 1 N–H and O–H groups in total. The van der Waals surface area contributed by atoms with Crippen molar-refractivity contribution in [2.45, 2.75) is 46.0 Å². The number of nitrogens with one attached hydrogen (secondary N) is 1. The lowest BCUT2D eigenvalue weighted by Crippen LogP contribution is -2.45. The highest BCUT2D eigenvalue weighted by Gasteiger charge is 2.22. The van der Waals surface area contributed by atoms with E-state index in [0.717, 1.165) is 31.5 Å². The number of benzene rings is 1. The Labute approximate surface area is 127 Å². The van der Waals surface area contributed by atoms with Crippen molar-refractivity contribution in [1.82, 2.24) is 10.2 Å². The van der Waals surface area contributed by atoms with Crippen molar-refractivity contribution in [1.29, 1.82) is 0 Å². The zero-order valence-electron chi connectivity index (χ0n) is 13.6. The summed E-state index contributed by atoms with van der Waals surface area (Å²) in [5, 5.41) is 3.00. The molecule has 0 aliphatic carbocycles. The van der Waals surface area contributed by atoms with E-state index >= 15 is 0 Å². The maximum absolute atomic E-state index is 13.0. The van der Waals surface area contributed by atoms with Gasteiger partial charge in [-0.15, -0.1) is 0 Å². The van der Waals surface area contributed by atoms with Gasteiger partial charge in [0.25, 0.3) is 0 Å². The predicted octanol–water partition coefficient (Wildman–Crippen LogP) is 3.93. The van der Waals surface area contributed by atoms with Gasteiger partial charge in [0, 0.05) is 25.0 Å². The van der Waals surface area contributed by atoms with Crippen LogP contribution in [0.1, 0.15) is 46.1 Å². The van der Waals surface area contributed by atoms with Gasteiger partial charge >= 0.3 is 6.03 Å². The van der Waals surface area contributed by atoms with E-state index in [1.165, 1.54) is 12.1 Å². The first kappa shape index (κ1) is 17.5. The highest BCUT2D eigenvalue weighted by Crippen LogP contribution is 2.22. The number of carbonyl (C=O) groups excluding carboxylic acids is 1. The molecule has 0 aliphatic heterocycles. The average molecular weight is 294 g/mol. The fourth-order valence-corrected chi connectivity index (χ4v) is 2.27. The summed E-state index contributed by atoms with van der Waals surface area (Å²) < 4.78 is 13.0. The van der Waals surface area contributed by atoms with Crippen LogP contribution in [0, 0.1) is 5.82 Å². The summed E-state index contributed by atoms with van der Waals surface area (Å²) in [7, 11) is 0. The van der Waals surface area contributed by atoms with Gasteiger partial charge in [0.15, 0.2) is 0 Å². The molecule has 0 heterocycles. The Balaban J connectivity index is 2.63. The number of halogens is 1. The second-order valence-corrected chi connectivity index (χ2v) is 6.04. The molecular formula is C17H27FN2O. The highest BCUT2D eigenvalue weighted by molar-refractivity contribution is 5.74. The third-order valence-electron chi connectivity index (χ3n) is 3.58. The fraction of sp³-hybridized carbons (Fsp3) is 0.588. The van der Waals surface area contributed by atoms with E-state index in [1.54, 1.807) is 12.1 Å². The lowest BCUT2D eigenvalue weighted by atomic mass is 9.84. The van der Waals surface area contributed by atoms with E-state index < -0.39 is 0 Å². The molecule has 0 radical (unpaired) electrons. The van der Waals surface area contributed by atoms with Crippen molar-refractivity contribution >= 4 is 6.03 Å². The van der Waals surface area contributed by atoms with Crippen molar-refractivity contribution in [2.24, 2.45) is 0 Å². The van der Waals surface area contributed by atoms with Gasteiger partial charge in [-0.2, -0.15) is 0 Å². The Kier molecular flexibility index (Phi) is 6.66. The topological polar surface area (TPSA) is 32.3 Å². The molecule has 3 nitrogen and oxygen atoms in total. The molecule has 1 aromatic rings. The first-order valence-electron chi connectivity index (χ1n) is 7.69. The van der Waals surface area contributed by atoms with Crippen LogP contribution in [-0.2, 0) is 5.41 Å². The third kappa shape index (κ3) is 5.37. The van der Waals surface area contributed by atoms with Gasteiger partial charge in [0.1, 0.15) is 5.82 Å². The summed E-state index contributed by atoms with van der Waals surface area (Å²) in [6, 6.07) is 6.45.